The van der Waals surface area contributed by atoms with Crippen LogP contribution in [0.25, 0.3) is 0 Å². The maximum Gasteiger partial charge on any atom is 0.241 e. The molecule has 2 aromatic carbocycles. The summed E-state index contributed by atoms with van der Waals surface area (Å²) in [6.45, 7) is 4.46. The third-order valence-electron chi connectivity index (χ3n) is 3.59. The van der Waals surface area contributed by atoms with Gasteiger partial charge in [-0.3, -0.25) is 4.79 Å². The first-order valence-corrected chi connectivity index (χ1v) is 7.92. The number of hydrogen-bond donors (Lipinski definition) is 0. The zero-order chi connectivity index (χ0) is 15.5. The van der Waals surface area contributed by atoms with Crippen LogP contribution in [0.1, 0.15) is 17.5 Å². The van der Waals surface area contributed by atoms with Crippen LogP contribution in [0.15, 0.2) is 53.4 Å². The van der Waals surface area contributed by atoms with Crippen molar-refractivity contribution in [2.45, 2.75) is 23.1 Å². The Morgan fingerprint density at radius 2 is 2.00 bits per heavy atom. The van der Waals surface area contributed by atoms with Crippen molar-refractivity contribution < 1.29 is 4.79 Å². The van der Waals surface area contributed by atoms with E-state index in [-0.39, 0.29) is 17.6 Å². The van der Waals surface area contributed by atoms with Crippen molar-refractivity contribution in [3.05, 3.63) is 66.6 Å². The van der Waals surface area contributed by atoms with E-state index in [0.717, 1.165) is 21.7 Å². The Morgan fingerprint density at radius 3 is 2.73 bits per heavy atom. The van der Waals surface area contributed by atoms with E-state index in [1.165, 1.54) is 11.8 Å². The highest BCUT2D eigenvalue weighted by Crippen LogP contribution is 2.41. The summed E-state index contributed by atoms with van der Waals surface area (Å²) in [6, 6.07) is 17.9. The zero-order valence-electron chi connectivity index (χ0n) is 12.0. The van der Waals surface area contributed by atoms with Crippen molar-refractivity contribution in [3.8, 4) is 6.07 Å². The maximum absolute atomic E-state index is 12.7. The van der Waals surface area contributed by atoms with Gasteiger partial charge in [0.25, 0.3) is 0 Å². The highest BCUT2D eigenvalue weighted by Gasteiger charge is 2.33. The van der Waals surface area contributed by atoms with Gasteiger partial charge >= 0.3 is 0 Å². The molecule has 0 bridgehead atoms. The largest absolute Gasteiger partial charge is 0.306 e. The van der Waals surface area contributed by atoms with Crippen molar-refractivity contribution in [2.75, 3.05) is 4.90 Å². The fraction of sp³-hybridized carbons (Fsp3) is 0.167. The molecule has 1 radical (unpaired) electrons. The summed E-state index contributed by atoms with van der Waals surface area (Å²) in [5.41, 5.74) is 2.84. The van der Waals surface area contributed by atoms with Crippen LogP contribution < -0.4 is 4.90 Å². The first kappa shape index (κ1) is 14.7. The van der Waals surface area contributed by atoms with Crippen LogP contribution in [-0.2, 0) is 11.3 Å². The summed E-state index contributed by atoms with van der Waals surface area (Å²) in [5.74, 6) is -0.00602. The molecule has 4 heteroatoms. The minimum atomic E-state index is -0.336. The van der Waals surface area contributed by atoms with E-state index in [0.29, 0.717) is 6.54 Å². The molecule has 109 valence electrons. The minimum Gasteiger partial charge on any atom is -0.306 e. The molecule has 0 spiro atoms. The first-order valence-electron chi connectivity index (χ1n) is 7.04. The molecule has 3 nitrogen and oxygen atoms in total. The van der Waals surface area contributed by atoms with Crippen LogP contribution >= 0.6 is 11.8 Å². The lowest BCUT2D eigenvalue weighted by atomic mass is 10.1. The van der Waals surface area contributed by atoms with Gasteiger partial charge in [-0.05, 0) is 30.2 Å². The number of fused-ring (bicyclic) bond motifs is 1. The summed E-state index contributed by atoms with van der Waals surface area (Å²) in [5, 5.41) is 8.62. The summed E-state index contributed by atoms with van der Waals surface area (Å²) < 4.78 is 0. The van der Waals surface area contributed by atoms with Crippen LogP contribution in [-0.4, -0.2) is 11.2 Å². The number of amides is 1. The molecule has 1 atom stereocenters. The van der Waals surface area contributed by atoms with Crippen LogP contribution in [0.5, 0.6) is 0 Å². The van der Waals surface area contributed by atoms with Crippen LogP contribution in [0, 0.1) is 18.3 Å². The second-order valence-electron chi connectivity index (χ2n) is 5.18. The normalized spacial score (nSPS) is 17.0. The summed E-state index contributed by atoms with van der Waals surface area (Å²) in [4.78, 5) is 15.5. The fourth-order valence-electron chi connectivity index (χ4n) is 2.51. The Morgan fingerprint density at radius 1 is 1.23 bits per heavy atom. The van der Waals surface area contributed by atoms with Crippen molar-refractivity contribution in [1.29, 1.82) is 5.26 Å². The molecule has 1 aliphatic rings. The first-order chi connectivity index (χ1) is 10.7. The van der Waals surface area contributed by atoms with Crippen molar-refractivity contribution in [2.24, 2.45) is 0 Å². The average Bonchev–Trinajstić information content (AvgIpc) is 2.53. The molecule has 0 aromatic heterocycles. The number of anilines is 1. The zero-order valence-corrected chi connectivity index (χ0v) is 12.8. The second kappa shape index (κ2) is 6.25. The van der Waals surface area contributed by atoms with E-state index in [2.05, 4.69) is 13.0 Å². The molecule has 0 saturated heterocycles. The second-order valence-corrected chi connectivity index (χ2v) is 6.43. The number of nitrogens with zero attached hydrogens (tertiary/aromatic N) is 2. The van der Waals surface area contributed by atoms with Crippen LogP contribution in [0.2, 0.25) is 0 Å². The van der Waals surface area contributed by atoms with Crippen molar-refractivity contribution in [1.82, 2.24) is 0 Å². The van der Waals surface area contributed by atoms with E-state index >= 15 is 0 Å². The number of benzene rings is 2. The fourth-order valence-corrected chi connectivity index (χ4v) is 3.64. The van der Waals surface area contributed by atoms with Gasteiger partial charge in [-0.1, -0.05) is 36.4 Å². The van der Waals surface area contributed by atoms with Gasteiger partial charge in [0.05, 0.1) is 24.7 Å². The number of thioether (sulfide) groups is 1. The highest BCUT2D eigenvalue weighted by atomic mass is 32.2. The number of hydrogen-bond acceptors (Lipinski definition) is 3. The number of carbonyl (C=O) groups excluding carboxylic acids is 1. The predicted octanol–water partition coefficient (Wildman–Crippen LogP) is 3.79. The quantitative estimate of drug-likeness (QED) is 0.866. The van der Waals surface area contributed by atoms with Gasteiger partial charge < -0.3 is 4.90 Å². The minimum absolute atomic E-state index is 0.00602. The Hall–Kier alpha value is -2.25. The summed E-state index contributed by atoms with van der Waals surface area (Å²) in [7, 11) is 0. The van der Waals surface area contributed by atoms with Gasteiger partial charge in [-0.2, -0.15) is 5.26 Å². The van der Waals surface area contributed by atoms with Crippen molar-refractivity contribution in [3.63, 3.8) is 0 Å². The summed E-state index contributed by atoms with van der Waals surface area (Å²) >= 11 is 1.47. The number of carbonyl (C=O) groups is 1. The van der Waals surface area contributed by atoms with E-state index in [1.54, 1.807) is 4.90 Å². The molecule has 1 unspecified atom stereocenters. The lowest BCUT2D eigenvalue weighted by molar-refractivity contribution is -0.118. The molecule has 1 aliphatic heterocycles. The standard InChI is InChI=1S/C18H15N2OS/c1-13-7-8-16-15(11-13)20(12-14-5-3-2-4-6-14)18(21)17(22-16)9-10-19/h2-8,11,17H,1,9,12H2. The van der Waals surface area contributed by atoms with E-state index in [9.17, 15) is 4.79 Å². The van der Waals surface area contributed by atoms with Crippen LogP contribution in [0.3, 0.4) is 0 Å². The predicted molar refractivity (Wildman–Crippen MR) is 88.4 cm³/mol. The Balaban J connectivity index is 2.00. The van der Waals surface area contributed by atoms with Gasteiger partial charge in [0.1, 0.15) is 5.25 Å². The summed E-state index contributed by atoms with van der Waals surface area (Å²) in [6.07, 6.45) is 0.223. The van der Waals surface area contributed by atoms with Gasteiger partial charge in [-0.25, -0.2) is 0 Å². The van der Waals surface area contributed by atoms with Crippen LogP contribution in [0.4, 0.5) is 5.69 Å². The molecule has 3 rings (SSSR count). The van der Waals surface area contributed by atoms with Gasteiger partial charge in [0, 0.05) is 4.90 Å². The molecule has 2 aromatic rings. The topological polar surface area (TPSA) is 44.1 Å². The number of rotatable bonds is 3. The monoisotopic (exact) mass is 307 g/mol. The van der Waals surface area contributed by atoms with E-state index < -0.39 is 0 Å². The molecule has 0 fully saturated rings. The molecule has 1 amide bonds. The molecular formula is C18H15N2OS. The van der Waals surface area contributed by atoms with E-state index in [1.807, 2.05) is 48.5 Å². The Bertz CT molecular complexity index is 736. The lowest BCUT2D eigenvalue weighted by Crippen LogP contribution is -2.40. The highest BCUT2D eigenvalue weighted by molar-refractivity contribution is 8.01. The van der Waals surface area contributed by atoms with E-state index in [4.69, 9.17) is 5.26 Å². The maximum atomic E-state index is 12.7. The molecule has 0 aliphatic carbocycles. The third kappa shape index (κ3) is 2.86. The average molecular weight is 307 g/mol. The third-order valence-corrected chi connectivity index (χ3v) is 4.84. The van der Waals surface area contributed by atoms with Gasteiger partial charge in [0.2, 0.25) is 5.91 Å². The number of nitriles is 1. The molecule has 0 saturated carbocycles. The molecular weight excluding hydrogens is 292 g/mol. The molecule has 1 heterocycles. The lowest BCUT2D eigenvalue weighted by Gasteiger charge is -2.33. The van der Waals surface area contributed by atoms with Gasteiger partial charge in [-0.15, -0.1) is 11.8 Å². The van der Waals surface area contributed by atoms with Gasteiger partial charge in [0.15, 0.2) is 0 Å². The molecule has 0 N–H and O–H groups in total. The Kier molecular flexibility index (Phi) is 4.17. The smallest absolute Gasteiger partial charge is 0.241 e. The Labute approximate surface area is 134 Å². The van der Waals surface area contributed by atoms with Crippen molar-refractivity contribution >= 4 is 23.4 Å². The SMILES string of the molecule is [CH2]c1ccc2c(c1)N(Cc1ccccc1)C(=O)C(CC#N)S2. The molecule has 22 heavy (non-hydrogen) atoms.